The number of hydrogen-bond acceptors (Lipinski definition) is 6. The second-order valence-electron chi connectivity index (χ2n) is 5.93. The Morgan fingerprint density at radius 1 is 0.926 bits per heavy atom. The number of nitrogens with zero attached hydrogens (tertiary/aromatic N) is 1. The molecule has 6 heteroatoms. The predicted molar refractivity (Wildman–Crippen MR) is 101 cm³/mol. The van der Waals surface area contributed by atoms with Gasteiger partial charge < -0.3 is 24.1 Å². The van der Waals surface area contributed by atoms with E-state index in [1.807, 2.05) is 18.2 Å². The first-order valence-electron chi connectivity index (χ1n) is 8.24. The van der Waals surface area contributed by atoms with E-state index in [2.05, 4.69) is 4.98 Å². The maximum atomic E-state index is 10.8. The molecule has 0 radical (unpaired) electrons. The topological polar surface area (TPSA) is 85.0 Å². The highest BCUT2D eigenvalue weighted by Gasteiger charge is 2.25. The summed E-state index contributed by atoms with van der Waals surface area (Å²) in [6.07, 6.45) is 3.15. The lowest BCUT2D eigenvalue weighted by Gasteiger charge is -2.15. The van der Waals surface area contributed by atoms with Crippen LogP contribution in [0.4, 0.5) is 0 Å². The van der Waals surface area contributed by atoms with Crippen molar-refractivity contribution in [3.8, 4) is 45.4 Å². The number of aromatic hydroxyl groups is 2. The Morgan fingerprint density at radius 2 is 1.70 bits per heavy atom. The predicted octanol–water partition coefficient (Wildman–Crippen LogP) is 4.59. The molecule has 2 heterocycles. The number of methoxy groups -OCH3 is 2. The van der Waals surface area contributed by atoms with Gasteiger partial charge in [-0.2, -0.15) is 0 Å². The highest BCUT2D eigenvalue weighted by Crippen LogP contribution is 2.50. The van der Waals surface area contributed by atoms with Crippen LogP contribution in [0, 0.1) is 0 Å². The summed E-state index contributed by atoms with van der Waals surface area (Å²) in [5.74, 6) is 0.720. The number of phenolic OH excluding ortho intramolecular Hbond substituents is 2. The molecule has 2 aromatic heterocycles. The zero-order chi connectivity index (χ0) is 19.0. The zero-order valence-electron chi connectivity index (χ0n) is 14.8. The van der Waals surface area contributed by atoms with Crippen molar-refractivity contribution in [1.82, 2.24) is 4.98 Å². The van der Waals surface area contributed by atoms with Crippen LogP contribution in [0.25, 0.3) is 33.4 Å². The second-order valence-corrected chi connectivity index (χ2v) is 5.93. The van der Waals surface area contributed by atoms with Crippen molar-refractivity contribution in [3.63, 3.8) is 0 Å². The SMILES string of the molecule is COc1c(-c2cc(-c3cccc(O)c3)ccn2)c(O)c(OC)c2occc12. The molecule has 0 amide bonds. The van der Waals surface area contributed by atoms with Crippen LogP contribution in [0.2, 0.25) is 0 Å². The van der Waals surface area contributed by atoms with E-state index in [9.17, 15) is 10.2 Å². The van der Waals surface area contributed by atoms with Gasteiger partial charge >= 0.3 is 0 Å². The Labute approximate surface area is 155 Å². The van der Waals surface area contributed by atoms with E-state index in [1.54, 1.807) is 30.5 Å². The molecule has 136 valence electrons. The molecule has 6 nitrogen and oxygen atoms in total. The number of fused-ring (bicyclic) bond motifs is 1. The van der Waals surface area contributed by atoms with Crippen LogP contribution < -0.4 is 9.47 Å². The van der Waals surface area contributed by atoms with Gasteiger partial charge in [0, 0.05) is 6.20 Å². The number of pyridine rings is 1. The fourth-order valence-corrected chi connectivity index (χ4v) is 3.20. The van der Waals surface area contributed by atoms with Crippen molar-refractivity contribution in [2.24, 2.45) is 0 Å². The molecule has 0 unspecified atom stereocenters. The smallest absolute Gasteiger partial charge is 0.205 e. The second kappa shape index (κ2) is 6.57. The number of rotatable bonds is 4. The van der Waals surface area contributed by atoms with Crippen LogP contribution in [0.1, 0.15) is 0 Å². The Bertz CT molecular complexity index is 1130. The van der Waals surface area contributed by atoms with Gasteiger partial charge in [0.1, 0.15) is 11.5 Å². The van der Waals surface area contributed by atoms with Crippen molar-refractivity contribution in [1.29, 1.82) is 0 Å². The van der Waals surface area contributed by atoms with E-state index in [0.29, 0.717) is 28.0 Å². The third kappa shape index (κ3) is 2.71. The number of aromatic nitrogens is 1. The highest BCUT2D eigenvalue weighted by atomic mass is 16.5. The number of hydrogen-bond donors (Lipinski definition) is 2. The lowest BCUT2D eigenvalue weighted by Crippen LogP contribution is -1.95. The van der Waals surface area contributed by atoms with E-state index >= 15 is 0 Å². The fourth-order valence-electron chi connectivity index (χ4n) is 3.20. The average Bonchev–Trinajstić information content (AvgIpc) is 3.16. The van der Waals surface area contributed by atoms with Crippen molar-refractivity contribution in [2.45, 2.75) is 0 Å². The monoisotopic (exact) mass is 363 g/mol. The summed E-state index contributed by atoms with van der Waals surface area (Å²) in [5.41, 5.74) is 2.98. The van der Waals surface area contributed by atoms with E-state index in [4.69, 9.17) is 13.9 Å². The number of phenols is 2. The summed E-state index contributed by atoms with van der Waals surface area (Å²) in [6, 6.07) is 12.3. The molecule has 4 rings (SSSR count). The molecular weight excluding hydrogens is 346 g/mol. The minimum Gasteiger partial charge on any atom is -0.508 e. The maximum absolute atomic E-state index is 10.8. The van der Waals surface area contributed by atoms with Gasteiger partial charge in [-0.15, -0.1) is 0 Å². The molecule has 0 fully saturated rings. The molecule has 0 atom stereocenters. The van der Waals surface area contributed by atoms with E-state index in [0.717, 1.165) is 11.1 Å². The van der Waals surface area contributed by atoms with Crippen LogP contribution in [-0.2, 0) is 0 Å². The van der Waals surface area contributed by atoms with E-state index in [-0.39, 0.29) is 17.2 Å². The van der Waals surface area contributed by atoms with E-state index < -0.39 is 0 Å². The Hall–Kier alpha value is -3.67. The largest absolute Gasteiger partial charge is 0.508 e. The lowest BCUT2D eigenvalue weighted by molar-refractivity contribution is 0.367. The summed E-state index contributed by atoms with van der Waals surface area (Å²) in [6.45, 7) is 0. The molecule has 0 spiro atoms. The van der Waals surface area contributed by atoms with Gasteiger partial charge in [0.15, 0.2) is 11.3 Å². The van der Waals surface area contributed by atoms with Gasteiger partial charge in [-0.05, 0) is 41.5 Å². The fraction of sp³-hybridized carbons (Fsp3) is 0.0952. The molecular formula is C21H17NO5. The van der Waals surface area contributed by atoms with Gasteiger partial charge in [-0.1, -0.05) is 12.1 Å². The average molecular weight is 363 g/mol. The van der Waals surface area contributed by atoms with Crippen molar-refractivity contribution in [2.75, 3.05) is 14.2 Å². The first kappa shape index (κ1) is 16.8. The van der Waals surface area contributed by atoms with Crippen LogP contribution in [0.15, 0.2) is 59.3 Å². The van der Waals surface area contributed by atoms with Gasteiger partial charge in [-0.3, -0.25) is 4.98 Å². The standard InChI is InChI=1S/C21H17NO5/c1-25-19-15-7-9-27-20(15)21(26-2)18(24)17(19)16-11-13(6-8-22-16)12-4-3-5-14(23)10-12/h3-11,23-24H,1-2H3. The third-order valence-corrected chi connectivity index (χ3v) is 4.40. The summed E-state index contributed by atoms with van der Waals surface area (Å²) >= 11 is 0. The quantitative estimate of drug-likeness (QED) is 0.552. The third-order valence-electron chi connectivity index (χ3n) is 4.40. The molecule has 4 aromatic rings. The first-order chi connectivity index (χ1) is 13.1. The molecule has 0 aliphatic heterocycles. The Kier molecular flexibility index (Phi) is 4.08. The van der Waals surface area contributed by atoms with Crippen molar-refractivity contribution in [3.05, 3.63) is 54.9 Å². The summed E-state index contributed by atoms with van der Waals surface area (Å²) < 4.78 is 16.4. The van der Waals surface area contributed by atoms with E-state index in [1.165, 1.54) is 20.5 Å². The minimum atomic E-state index is -0.114. The normalized spacial score (nSPS) is 10.9. The van der Waals surface area contributed by atoms with Crippen molar-refractivity contribution < 1.29 is 24.1 Å². The van der Waals surface area contributed by atoms with Gasteiger partial charge in [0.05, 0.1) is 37.1 Å². The molecule has 0 saturated heterocycles. The molecule has 0 aliphatic rings. The number of furan rings is 1. The number of benzene rings is 2. The maximum Gasteiger partial charge on any atom is 0.205 e. The lowest BCUT2D eigenvalue weighted by atomic mass is 10.0. The summed E-state index contributed by atoms with van der Waals surface area (Å²) in [4.78, 5) is 4.40. The number of ether oxygens (including phenoxy) is 2. The Balaban J connectivity index is 1.98. The van der Waals surface area contributed by atoms with Crippen LogP contribution in [0.5, 0.6) is 23.0 Å². The summed E-state index contributed by atoms with van der Waals surface area (Å²) in [7, 11) is 2.99. The molecule has 0 saturated carbocycles. The molecule has 0 bridgehead atoms. The molecule has 2 aromatic carbocycles. The zero-order valence-corrected chi connectivity index (χ0v) is 14.8. The molecule has 27 heavy (non-hydrogen) atoms. The van der Waals surface area contributed by atoms with Gasteiger partial charge in [-0.25, -0.2) is 0 Å². The minimum absolute atomic E-state index is 0.114. The Morgan fingerprint density at radius 3 is 2.44 bits per heavy atom. The highest BCUT2D eigenvalue weighted by molar-refractivity contribution is 6.00. The van der Waals surface area contributed by atoms with Gasteiger partial charge in [0.2, 0.25) is 5.75 Å². The molecule has 0 aliphatic carbocycles. The van der Waals surface area contributed by atoms with Crippen LogP contribution in [-0.4, -0.2) is 29.4 Å². The molecule has 2 N–H and O–H groups in total. The van der Waals surface area contributed by atoms with Crippen LogP contribution >= 0.6 is 0 Å². The first-order valence-corrected chi connectivity index (χ1v) is 8.24. The van der Waals surface area contributed by atoms with Gasteiger partial charge in [0.25, 0.3) is 0 Å². The van der Waals surface area contributed by atoms with Crippen molar-refractivity contribution >= 4 is 11.0 Å². The summed E-state index contributed by atoms with van der Waals surface area (Å²) in [5, 5.41) is 21.3. The van der Waals surface area contributed by atoms with Crippen LogP contribution in [0.3, 0.4) is 0 Å².